The van der Waals surface area contributed by atoms with Crippen molar-refractivity contribution in [1.82, 2.24) is 0 Å². The zero-order chi connectivity index (χ0) is 23.8. The highest BCUT2D eigenvalue weighted by molar-refractivity contribution is 5.97. The maximum Gasteiger partial charge on any atom is 0.155 e. The van der Waals surface area contributed by atoms with Crippen LogP contribution in [0.3, 0.4) is 0 Å². The van der Waals surface area contributed by atoms with Crippen LogP contribution in [-0.2, 0) is 36.9 Å². The molecule has 4 aliphatic heterocycles. The van der Waals surface area contributed by atoms with Gasteiger partial charge in [0.05, 0.1) is 0 Å². The minimum atomic E-state index is 0.233. The van der Waals surface area contributed by atoms with Gasteiger partial charge in [0.15, 0.2) is 5.78 Å². The summed E-state index contributed by atoms with van der Waals surface area (Å²) in [5.41, 5.74) is 13.0. The fourth-order valence-corrected chi connectivity index (χ4v) is 7.13. The Labute approximate surface area is 211 Å². The number of hydrogen-bond acceptors (Lipinski definition) is 3. The van der Waals surface area contributed by atoms with Gasteiger partial charge in [-0.05, 0) is 141 Å². The first-order valence-corrected chi connectivity index (χ1v) is 14.2. The highest BCUT2D eigenvalue weighted by atomic mass is 16.1. The highest BCUT2D eigenvalue weighted by Gasteiger charge is 2.25. The predicted octanol–water partition coefficient (Wildman–Crippen LogP) is 6.47. The molecule has 2 aromatic carbocycles. The van der Waals surface area contributed by atoms with E-state index in [1.165, 1.54) is 105 Å². The van der Waals surface area contributed by atoms with Crippen LogP contribution < -0.4 is 9.80 Å². The summed E-state index contributed by atoms with van der Waals surface area (Å²) in [6.07, 6.45) is 16.4. The van der Waals surface area contributed by atoms with E-state index in [9.17, 15) is 4.79 Å². The van der Waals surface area contributed by atoms with Crippen molar-refractivity contribution in [2.24, 2.45) is 0 Å². The molecule has 0 aromatic heterocycles. The molecule has 0 amide bonds. The number of unbranched alkanes of at least 4 members (excludes halogenated alkanes) is 1. The molecular weight excluding hydrogens is 428 g/mol. The molecule has 0 saturated carbocycles. The Balaban J connectivity index is 1.13. The van der Waals surface area contributed by atoms with E-state index in [0.29, 0.717) is 0 Å². The number of carbonyl (C=O) groups excluding carboxylic acids is 1. The first-order chi connectivity index (χ1) is 17.2. The Morgan fingerprint density at radius 1 is 0.743 bits per heavy atom. The molecule has 184 valence electrons. The van der Waals surface area contributed by atoms with Crippen LogP contribution in [0.2, 0.25) is 0 Å². The second-order valence-corrected chi connectivity index (χ2v) is 11.3. The van der Waals surface area contributed by atoms with Crippen molar-refractivity contribution in [2.45, 2.75) is 84.0 Å². The molecule has 0 aliphatic carbocycles. The standard InChI is InChI=1S/C32H40N2O/c1-23(35)26(20-25-21-29-12-6-16-34-17-7-13-30(22-25)32(29)34)9-3-2-8-24-18-27-10-4-14-33-15-5-11-28(19-24)31(27)33/h18-22H,2-17H2,1H3/b26-20-. The van der Waals surface area contributed by atoms with Gasteiger partial charge in [-0.15, -0.1) is 0 Å². The van der Waals surface area contributed by atoms with Crippen molar-refractivity contribution in [2.75, 3.05) is 36.0 Å². The van der Waals surface area contributed by atoms with E-state index in [4.69, 9.17) is 0 Å². The summed E-state index contributed by atoms with van der Waals surface area (Å²) >= 11 is 0. The molecular formula is C32H40N2O. The minimum absolute atomic E-state index is 0.233. The van der Waals surface area contributed by atoms with E-state index >= 15 is 0 Å². The van der Waals surface area contributed by atoms with Gasteiger partial charge in [0.2, 0.25) is 0 Å². The normalized spacial score (nSPS) is 18.8. The van der Waals surface area contributed by atoms with E-state index in [2.05, 4.69) is 40.1 Å². The molecule has 0 saturated heterocycles. The smallest absolute Gasteiger partial charge is 0.155 e. The number of anilines is 2. The molecule has 0 N–H and O–H groups in total. The Morgan fingerprint density at radius 3 is 1.71 bits per heavy atom. The minimum Gasteiger partial charge on any atom is -0.371 e. The van der Waals surface area contributed by atoms with E-state index in [0.717, 1.165) is 31.3 Å². The molecule has 4 heterocycles. The molecule has 0 fully saturated rings. The summed E-state index contributed by atoms with van der Waals surface area (Å²) in [6.45, 7) is 6.64. The average Bonchev–Trinajstić information content (AvgIpc) is 2.86. The lowest BCUT2D eigenvalue weighted by molar-refractivity contribution is -0.113. The topological polar surface area (TPSA) is 23.6 Å². The molecule has 6 rings (SSSR count). The van der Waals surface area contributed by atoms with Crippen LogP contribution in [0.25, 0.3) is 6.08 Å². The molecule has 3 heteroatoms. The Morgan fingerprint density at radius 2 is 1.23 bits per heavy atom. The molecule has 0 atom stereocenters. The van der Waals surface area contributed by atoms with Gasteiger partial charge < -0.3 is 9.80 Å². The number of allylic oxidation sites excluding steroid dienone is 1. The zero-order valence-electron chi connectivity index (χ0n) is 21.5. The average molecular weight is 469 g/mol. The van der Waals surface area contributed by atoms with Crippen molar-refractivity contribution < 1.29 is 4.79 Å². The van der Waals surface area contributed by atoms with E-state index in [-0.39, 0.29) is 5.78 Å². The summed E-state index contributed by atoms with van der Waals surface area (Å²) in [5.74, 6) is 0.233. The van der Waals surface area contributed by atoms with Crippen molar-refractivity contribution in [1.29, 1.82) is 0 Å². The highest BCUT2D eigenvalue weighted by Crippen LogP contribution is 2.38. The molecule has 35 heavy (non-hydrogen) atoms. The summed E-state index contributed by atoms with van der Waals surface area (Å²) in [7, 11) is 0. The van der Waals surface area contributed by atoms with Crippen molar-refractivity contribution in [3.05, 3.63) is 63.2 Å². The maximum atomic E-state index is 12.5. The zero-order valence-corrected chi connectivity index (χ0v) is 21.5. The molecule has 3 nitrogen and oxygen atoms in total. The van der Waals surface area contributed by atoms with E-state index in [1.54, 1.807) is 23.7 Å². The third-order valence-corrected chi connectivity index (χ3v) is 8.70. The van der Waals surface area contributed by atoms with Crippen LogP contribution in [0.1, 0.15) is 85.3 Å². The Bertz CT molecular complexity index is 1100. The van der Waals surface area contributed by atoms with Gasteiger partial charge in [0.1, 0.15) is 0 Å². The fraction of sp³-hybridized carbons (Fsp3) is 0.531. The molecule has 4 aliphatic rings. The Kier molecular flexibility index (Phi) is 6.43. The fourth-order valence-electron chi connectivity index (χ4n) is 7.13. The number of ketones is 1. The SMILES string of the molecule is CC(=O)/C(=C\c1cc2c3c(c1)CCCN3CCC2)CCCCc1cc2c3c(c1)CCCN3CCC2. The van der Waals surface area contributed by atoms with E-state index in [1.807, 2.05) is 0 Å². The lowest BCUT2D eigenvalue weighted by atomic mass is 9.88. The van der Waals surface area contributed by atoms with Crippen LogP contribution in [0.4, 0.5) is 11.4 Å². The summed E-state index contributed by atoms with van der Waals surface area (Å²) < 4.78 is 0. The quantitative estimate of drug-likeness (QED) is 0.344. The number of hydrogen-bond donors (Lipinski definition) is 0. The summed E-state index contributed by atoms with van der Waals surface area (Å²) in [5, 5.41) is 0. The largest absolute Gasteiger partial charge is 0.371 e. The van der Waals surface area contributed by atoms with Gasteiger partial charge in [-0.3, -0.25) is 4.79 Å². The van der Waals surface area contributed by atoms with Crippen molar-refractivity contribution >= 4 is 23.2 Å². The van der Waals surface area contributed by atoms with Crippen molar-refractivity contribution in [3.8, 4) is 0 Å². The van der Waals surface area contributed by atoms with E-state index < -0.39 is 0 Å². The van der Waals surface area contributed by atoms with Gasteiger partial charge in [-0.25, -0.2) is 0 Å². The van der Waals surface area contributed by atoms with Crippen LogP contribution >= 0.6 is 0 Å². The second kappa shape index (κ2) is 9.84. The second-order valence-electron chi connectivity index (χ2n) is 11.3. The lowest BCUT2D eigenvalue weighted by Gasteiger charge is -2.37. The third kappa shape index (κ3) is 4.67. The van der Waals surface area contributed by atoms with Crippen LogP contribution in [0.5, 0.6) is 0 Å². The number of Topliss-reactive ketones (excluding diaryl/α,β-unsaturated/α-hetero) is 1. The van der Waals surface area contributed by atoms with Gasteiger partial charge >= 0.3 is 0 Å². The first-order valence-electron chi connectivity index (χ1n) is 14.2. The maximum absolute atomic E-state index is 12.5. The molecule has 2 aromatic rings. The number of rotatable bonds is 7. The first kappa shape index (κ1) is 22.9. The van der Waals surface area contributed by atoms with Crippen LogP contribution in [-0.4, -0.2) is 32.0 Å². The van der Waals surface area contributed by atoms with Crippen molar-refractivity contribution in [3.63, 3.8) is 0 Å². The third-order valence-electron chi connectivity index (χ3n) is 8.70. The van der Waals surface area contributed by atoms with Gasteiger partial charge in [0.25, 0.3) is 0 Å². The molecule has 0 unspecified atom stereocenters. The van der Waals surface area contributed by atoms with Gasteiger partial charge in [-0.2, -0.15) is 0 Å². The van der Waals surface area contributed by atoms with Crippen LogP contribution in [0.15, 0.2) is 29.8 Å². The lowest BCUT2D eigenvalue weighted by Crippen LogP contribution is -2.34. The number of benzene rings is 2. The predicted molar refractivity (Wildman–Crippen MR) is 147 cm³/mol. The Hall–Kier alpha value is -2.55. The molecule has 0 spiro atoms. The van der Waals surface area contributed by atoms with Gasteiger partial charge in [0, 0.05) is 37.6 Å². The number of aryl methyl sites for hydroxylation is 5. The van der Waals surface area contributed by atoms with Gasteiger partial charge in [-0.1, -0.05) is 12.1 Å². The van der Waals surface area contributed by atoms with Crippen LogP contribution in [0, 0.1) is 0 Å². The molecule has 0 radical (unpaired) electrons. The monoisotopic (exact) mass is 468 g/mol. The number of nitrogens with zero attached hydrogens (tertiary/aromatic N) is 2. The summed E-state index contributed by atoms with van der Waals surface area (Å²) in [4.78, 5) is 17.7. The molecule has 0 bridgehead atoms. The number of carbonyl (C=O) groups is 1. The summed E-state index contributed by atoms with van der Waals surface area (Å²) in [6, 6.07) is 9.70.